The molecule has 0 rings (SSSR count). The van der Waals surface area contributed by atoms with E-state index in [0.29, 0.717) is 19.4 Å². The zero-order valence-corrected chi connectivity index (χ0v) is 10.1. The average Bonchev–Trinajstić information content (AvgIpc) is 2.17. The maximum absolute atomic E-state index is 11.4. The second-order valence-electron chi connectivity index (χ2n) is 3.75. The lowest BCUT2D eigenvalue weighted by Crippen LogP contribution is -2.37. The molecule has 94 valence electrons. The summed E-state index contributed by atoms with van der Waals surface area (Å²) in [4.78, 5) is 22.0. The third kappa shape index (κ3) is 8.23. The lowest BCUT2D eigenvalue weighted by Gasteiger charge is -2.16. The molecule has 0 radical (unpaired) electrons. The van der Waals surface area contributed by atoms with Gasteiger partial charge in [0.15, 0.2) is 0 Å². The van der Waals surface area contributed by atoms with E-state index in [1.54, 1.807) is 0 Å². The quantitative estimate of drug-likeness (QED) is 0.511. The molecule has 1 unspecified atom stereocenters. The van der Waals surface area contributed by atoms with E-state index in [0.717, 1.165) is 13.0 Å². The van der Waals surface area contributed by atoms with Crippen molar-refractivity contribution >= 4 is 11.9 Å². The van der Waals surface area contributed by atoms with Crippen LogP contribution < -0.4 is 10.6 Å². The maximum atomic E-state index is 11.4. The molecule has 0 aliphatic carbocycles. The van der Waals surface area contributed by atoms with Crippen LogP contribution in [0.15, 0.2) is 0 Å². The van der Waals surface area contributed by atoms with E-state index >= 15 is 0 Å². The first-order valence-electron chi connectivity index (χ1n) is 5.82. The Morgan fingerprint density at radius 1 is 1.31 bits per heavy atom. The van der Waals surface area contributed by atoms with Gasteiger partial charge in [-0.3, -0.25) is 9.59 Å². The lowest BCUT2D eigenvalue weighted by atomic mass is 10.1. The number of aliphatic carboxylic acids is 1. The second kappa shape index (κ2) is 9.15. The molecule has 0 aromatic carbocycles. The first-order chi connectivity index (χ1) is 7.60. The molecule has 16 heavy (non-hydrogen) atoms. The fourth-order valence-corrected chi connectivity index (χ4v) is 1.46. The molecule has 1 atom stereocenters. The molecule has 1 amide bonds. The molecule has 0 heterocycles. The third-order valence-electron chi connectivity index (χ3n) is 2.20. The predicted octanol–water partition coefficient (Wildman–Crippen LogP) is 0.746. The van der Waals surface area contributed by atoms with Crippen LogP contribution in [-0.2, 0) is 9.59 Å². The normalized spacial score (nSPS) is 12.1. The Morgan fingerprint density at radius 2 is 2.00 bits per heavy atom. The Morgan fingerprint density at radius 3 is 2.50 bits per heavy atom. The molecule has 0 aromatic rings. The molecular formula is C11H22N2O3. The average molecular weight is 230 g/mol. The summed E-state index contributed by atoms with van der Waals surface area (Å²) in [5.74, 6) is -0.953. The Balaban J connectivity index is 3.87. The van der Waals surface area contributed by atoms with Crippen molar-refractivity contribution in [2.75, 3.05) is 13.1 Å². The predicted molar refractivity (Wildman–Crippen MR) is 62.3 cm³/mol. The van der Waals surface area contributed by atoms with Gasteiger partial charge in [0, 0.05) is 19.0 Å². The zero-order chi connectivity index (χ0) is 12.4. The van der Waals surface area contributed by atoms with Gasteiger partial charge in [-0.1, -0.05) is 20.3 Å². The minimum Gasteiger partial charge on any atom is -0.481 e. The number of carbonyl (C=O) groups excluding carboxylic acids is 1. The number of rotatable bonds is 9. The van der Waals surface area contributed by atoms with E-state index in [1.807, 2.05) is 13.8 Å². The molecule has 0 aromatic heterocycles. The van der Waals surface area contributed by atoms with Gasteiger partial charge in [-0.15, -0.1) is 0 Å². The van der Waals surface area contributed by atoms with Crippen LogP contribution in [0.25, 0.3) is 0 Å². The van der Waals surface area contributed by atoms with E-state index in [4.69, 9.17) is 5.11 Å². The van der Waals surface area contributed by atoms with Gasteiger partial charge < -0.3 is 15.7 Å². The number of carboxylic acids is 1. The Kier molecular flexibility index (Phi) is 8.52. The molecule has 0 saturated heterocycles. The van der Waals surface area contributed by atoms with Gasteiger partial charge in [0.2, 0.25) is 5.91 Å². The number of carboxylic acid groups (broad SMARTS) is 1. The minimum atomic E-state index is -0.870. The van der Waals surface area contributed by atoms with Crippen molar-refractivity contribution in [3.05, 3.63) is 0 Å². The largest absolute Gasteiger partial charge is 0.481 e. The molecule has 0 saturated carbocycles. The fraction of sp³-hybridized carbons (Fsp3) is 0.818. The molecule has 0 fully saturated rings. The van der Waals surface area contributed by atoms with Crippen molar-refractivity contribution in [3.63, 3.8) is 0 Å². The highest BCUT2D eigenvalue weighted by molar-refractivity contribution is 5.77. The van der Waals surface area contributed by atoms with E-state index in [-0.39, 0.29) is 18.4 Å². The summed E-state index contributed by atoms with van der Waals surface area (Å²) in [6.07, 6.45) is 1.97. The SMILES string of the molecule is CCCC(CC(=O)O)NC(=O)CCNCC. The highest BCUT2D eigenvalue weighted by Gasteiger charge is 2.14. The summed E-state index contributed by atoms with van der Waals surface area (Å²) >= 11 is 0. The number of hydrogen-bond acceptors (Lipinski definition) is 3. The van der Waals surface area contributed by atoms with Crippen molar-refractivity contribution < 1.29 is 14.7 Å². The number of nitrogens with one attached hydrogen (secondary N) is 2. The Hall–Kier alpha value is -1.10. The van der Waals surface area contributed by atoms with Crippen LogP contribution in [-0.4, -0.2) is 36.1 Å². The minimum absolute atomic E-state index is 0.000780. The van der Waals surface area contributed by atoms with Crippen LogP contribution >= 0.6 is 0 Å². The molecular weight excluding hydrogens is 208 g/mol. The fourth-order valence-electron chi connectivity index (χ4n) is 1.46. The Bertz CT molecular complexity index is 219. The number of hydrogen-bond donors (Lipinski definition) is 3. The first-order valence-corrected chi connectivity index (χ1v) is 5.82. The molecule has 0 aliphatic heterocycles. The number of carbonyl (C=O) groups is 2. The topological polar surface area (TPSA) is 78.4 Å². The molecule has 5 heteroatoms. The second-order valence-corrected chi connectivity index (χ2v) is 3.75. The van der Waals surface area contributed by atoms with Crippen LogP contribution in [0, 0.1) is 0 Å². The van der Waals surface area contributed by atoms with Gasteiger partial charge in [-0.2, -0.15) is 0 Å². The van der Waals surface area contributed by atoms with Gasteiger partial charge in [-0.05, 0) is 13.0 Å². The number of amides is 1. The van der Waals surface area contributed by atoms with Crippen molar-refractivity contribution in [1.82, 2.24) is 10.6 Å². The maximum Gasteiger partial charge on any atom is 0.305 e. The van der Waals surface area contributed by atoms with Crippen LogP contribution in [0.1, 0.15) is 39.5 Å². The molecule has 0 spiro atoms. The molecule has 5 nitrogen and oxygen atoms in total. The van der Waals surface area contributed by atoms with E-state index in [1.165, 1.54) is 0 Å². The van der Waals surface area contributed by atoms with Gasteiger partial charge in [-0.25, -0.2) is 0 Å². The first kappa shape index (κ1) is 14.9. The molecule has 0 aliphatic rings. The van der Waals surface area contributed by atoms with Gasteiger partial charge >= 0.3 is 5.97 Å². The van der Waals surface area contributed by atoms with Crippen LogP contribution in [0.2, 0.25) is 0 Å². The van der Waals surface area contributed by atoms with Crippen molar-refractivity contribution in [1.29, 1.82) is 0 Å². The van der Waals surface area contributed by atoms with Crippen molar-refractivity contribution in [2.45, 2.75) is 45.6 Å². The monoisotopic (exact) mass is 230 g/mol. The van der Waals surface area contributed by atoms with Crippen LogP contribution in [0.4, 0.5) is 0 Å². The highest BCUT2D eigenvalue weighted by atomic mass is 16.4. The lowest BCUT2D eigenvalue weighted by molar-refractivity contribution is -0.137. The van der Waals surface area contributed by atoms with Crippen molar-refractivity contribution in [2.24, 2.45) is 0 Å². The van der Waals surface area contributed by atoms with Crippen LogP contribution in [0.3, 0.4) is 0 Å². The van der Waals surface area contributed by atoms with Crippen LogP contribution in [0.5, 0.6) is 0 Å². The van der Waals surface area contributed by atoms with Gasteiger partial charge in [0.25, 0.3) is 0 Å². The van der Waals surface area contributed by atoms with E-state index in [2.05, 4.69) is 10.6 Å². The third-order valence-corrected chi connectivity index (χ3v) is 2.20. The summed E-state index contributed by atoms with van der Waals surface area (Å²) < 4.78 is 0. The highest BCUT2D eigenvalue weighted by Crippen LogP contribution is 2.02. The zero-order valence-electron chi connectivity index (χ0n) is 10.1. The van der Waals surface area contributed by atoms with E-state index in [9.17, 15) is 9.59 Å². The summed E-state index contributed by atoms with van der Waals surface area (Å²) in [7, 11) is 0. The van der Waals surface area contributed by atoms with Gasteiger partial charge in [0.1, 0.15) is 0 Å². The Labute approximate surface area is 96.6 Å². The summed E-state index contributed by atoms with van der Waals surface area (Å²) in [6, 6.07) is -0.239. The molecule has 3 N–H and O–H groups in total. The van der Waals surface area contributed by atoms with E-state index < -0.39 is 5.97 Å². The van der Waals surface area contributed by atoms with Gasteiger partial charge in [0.05, 0.1) is 6.42 Å². The smallest absolute Gasteiger partial charge is 0.305 e. The summed E-state index contributed by atoms with van der Waals surface area (Å²) in [6.45, 7) is 5.41. The molecule has 0 bridgehead atoms. The standard InChI is InChI=1S/C11H22N2O3/c1-3-5-9(8-11(15)16)13-10(14)6-7-12-4-2/h9,12H,3-8H2,1-2H3,(H,13,14)(H,15,16). The summed E-state index contributed by atoms with van der Waals surface area (Å²) in [5, 5.41) is 14.5. The summed E-state index contributed by atoms with van der Waals surface area (Å²) in [5.41, 5.74) is 0. The van der Waals surface area contributed by atoms with Crippen molar-refractivity contribution in [3.8, 4) is 0 Å².